The Labute approximate surface area is 143 Å². The molecule has 2 atom stereocenters. The molecule has 0 spiro atoms. The molecule has 0 aromatic heterocycles. The molecule has 3 heterocycles. The van der Waals surface area contributed by atoms with E-state index in [4.69, 9.17) is 5.73 Å². The minimum atomic E-state index is -0.603. The summed E-state index contributed by atoms with van der Waals surface area (Å²) >= 11 is 0. The van der Waals surface area contributed by atoms with Gasteiger partial charge in [0.25, 0.3) is 0 Å². The fourth-order valence-corrected chi connectivity index (χ4v) is 4.24. The molecule has 3 aliphatic heterocycles. The maximum atomic E-state index is 12.1. The van der Waals surface area contributed by atoms with Crippen molar-refractivity contribution < 1.29 is 14.4 Å². The van der Waals surface area contributed by atoms with E-state index in [1.54, 1.807) is 4.90 Å². The second kappa shape index (κ2) is 7.09. The third-order valence-electron chi connectivity index (χ3n) is 5.59. The van der Waals surface area contributed by atoms with Crippen LogP contribution in [0.15, 0.2) is 0 Å². The first-order chi connectivity index (χ1) is 11.5. The lowest BCUT2D eigenvalue weighted by Gasteiger charge is -2.41. The summed E-state index contributed by atoms with van der Waals surface area (Å²) in [6.07, 6.45) is 6.62. The SMILES string of the molecule is CC(=O)N1C[C@@H](N2CCC(N3CCCCC3=O)CC2)[CH]C1C(N)=O. The average Bonchev–Trinajstić information content (AvgIpc) is 3.01. The van der Waals surface area contributed by atoms with Crippen molar-refractivity contribution >= 4 is 17.7 Å². The number of nitrogens with zero attached hydrogens (tertiary/aromatic N) is 3. The number of piperidine rings is 2. The number of rotatable bonds is 3. The Bertz CT molecular complexity index is 494. The minimum absolute atomic E-state index is 0.0735. The topological polar surface area (TPSA) is 87.0 Å². The molecular weight excluding hydrogens is 308 g/mol. The van der Waals surface area contributed by atoms with E-state index in [2.05, 4.69) is 9.80 Å². The van der Waals surface area contributed by atoms with Gasteiger partial charge in [-0.1, -0.05) is 0 Å². The van der Waals surface area contributed by atoms with E-state index in [1.165, 1.54) is 6.92 Å². The predicted octanol–water partition coefficient (Wildman–Crippen LogP) is -0.248. The smallest absolute Gasteiger partial charge is 0.240 e. The van der Waals surface area contributed by atoms with Gasteiger partial charge in [0, 0.05) is 58.0 Å². The van der Waals surface area contributed by atoms with Gasteiger partial charge in [0.1, 0.15) is 6.04 Å². The maximum Gasteiger partial charge on any atom is 0.240 e. The Morgan fingerprint density at radius 3 is 2.42 bits per heavy atom. The summed E-state index contributed by atoms with van der Waals surface area (Å²) in [6, 6.07) is -0.190. The van der Waals surface area contributed by atoms with E-state index < -0.39 is 11.9 Å². The van der Waals surface area contributed by atoms with Gasteiger partial charge in [-0.15, -0.1) is 0 Å². The van der Waals surface area contributed by atoms with Crippen LogP contribution in [0, 0.1) is 6.42 Å². The molecule has 1 unspecified atom stereocenters. The molecule has 3 saturated heterocycles. The summed E-state index contributed by atoms with van der Waals surface area (Å²) in [5.74, 6) is -0.295. The Kier molecular flexibility index (Phi) is 5.08. The monoisotopic (exact) mass is 335 g/mol. The highest BCUT2D eigenvalue weighted by Gasteiger charge is 2.41. The van der Waals surface area contributed by atoms with Crippen molar-refractivity contribution in [1.82, 2.24) is 14.7 Å². The zero-order chi connectivity index (χ0) is 17.3. The molecule has 133 valence electrons. The molecule has 2 N–H and O–H groups in total. The van der Waals surface area contributed by atoms with Crippen molar-refractivity contribution in [1.29, 1.82) is 0 Å². The summed E-state index contributed by atoms with van der Waals surface area (Å²) in [6.45, 7) is 4.65. The van der Waals surface area contributed by atoms with Crippen LogP contribution in [-0.2, 0) is 14.4 Å². The van der Waals surface area contributed by atoms with Crippen LogP contribution in [0.2, 0.25) is 0 Å². The number of hydrogen-bond donors (Lipinski definition) is 1. The van der Waals surface area contributed by atoms with E-state index >= 15 is 0 Å². The Morgan fingerprint density at radius 1 is 1.17 bits per heavy atom. The Morgan fingerprint density at radius 2 is 1.88 bits per heavy atom. The lowest BCUT2D eigenvalue weighted by molar-refractivity contribution is -0.137. The molecule has 3 amide bonds. The van der Waals surface area contributed by atoms with Crippen LogP contribution < -0.4 is 5.73 Å². The fraction of sp³-hybridized carbons (Fsp3) is 0.765. The quantitative estimate of drug-likeness (QED) is 0.771. The van der Waals surface area contributed by atoms with Crippen LogP contribution in [0.3, 0.4) is 0 Å². The summed E-state index contributed by atoms with van der Waals surface area (Å²) in [5.41, 5.74) is 5.43. The molecule has 3 aliphatic rings. The normalized spacial score (nSPS) is 30.0. The van der Waals surface area contributed by atoms with Gasteiger partial charge in [-0.2, -0.15) is 0 Å². The number of amides is 3. The van der Waals surface area contributed by atoms with E-state index in [9.17, 15) is 14.4 Å². The van der Waals surface area contributed by atoms with Gasteiger partial charge in [0.05, 0.1) is 0 Å². The first-order valence-corrected chi connectivity index (χ1v) is 8.92. The van der Waals surface area contributed by atoms with Crippen LogP contribution in [0.5, 0.6) is 0 Å². The van der Waals surface area contributed by atoms with Gasteiger partial charge in [-0.05, 0) is 25.7 Å². The molecule has 0 aromatic rings. The standard InChI is InChI=1S/C17H27N4O3/c1-12(22)21-11-14(10-15(21)17(18)24)19-8-5-13(6-9-19)20-7-3-2-4-16(20)23/h10,13-15H,2-9,11H2,1H3,(H2,18,24)/t14-,15?/m0/s1. The van der Waals surface area contributed by atoms with Crippen LogP contribution >= 0.6 is 0 Å². The number of likely N-dealkylation sites (tertiary alicyclic amines) is 3. The van der Waals surface area contributed by atoms with E-state index in [1.807, 2.05) is 6.42 Å². The highest BCUT2D eigenvalue weighted by molar-refractivity contribution is 5.88. The summed E-state index contributed by atoms with van der Waals surface area (Å²) in [7, 11) is 0. The first-order valence-electron chi connectivity index (χ1n) is 8.92. The van der Waals surface area contributed by atoms with Crippen molar-refractivity contribution in [3.05, 3.63) is 6.42 Å². The van der Waals surface area contributed by atoms with Crippen molar-refractivity contribution in [2.24, 2.45) is 5.73 Å². The third-order valence-corrected chi connectivity index (χ3v) is 5.59. The Hall–Kier alpha value is -1.63. The molecule has 3 rings (SSSR count). The molecule has 7 heteroatoms. The van der Waals surface area contributed by atoms with Crippen LogP contribution in [0.1, 0.15) is 39.0 Å². The fourth-order valence-electron chi connectivity index (χ4n) is 4.24. The molecule has 0 aliphatic carbocycles. The van der Waals surface area contributed by atoms with Gasteiger partial charge in [0.2, 0.25) is 17.7 Å². The molecule has 3 fully saturated rings. The summed E-state index contributed by atoms with van der Waals surface area (Å²) < 4.78 is 0. The Balaban J connectivity index is 1.56. The highest BCUT2D eigenvalue weighted by Crippen LogP contribution is 2.27. The predicted molar refractivity (Wildman–Crippen MR) is 88.6 cm³/mol. The lowest BCUT2D eigenvalue weighted by Crippen LogP contribution is -2.51. The molecule has 24 heavy (non-hydrogen) atoms. The average molecular weight is 335 g/mol. The maximum absolute atomic E-state index is 12.1. The van der Waals surface area contributed by atoms with Crippen LogP contribution in [0.25, 0.3) is 0 Å². The molecular formula is C17H27N4O3. The zero-order valence-corrected chi connectivity index (χ0v) is 14.3. The lowest BCUT2D eigenvalue weighted by atomic mass is 9.98. The largest absolute Gasteiger partial charge is 0.368 e. The van der Waals surface area contributed by atoms with E-state index in [-0.39, 0.29) is 11.9 Å². The number of carbonyl (C=O) groups is 3. The van der Waals surface area contributed by atoms with Crippen molar-refractivity contribution in [2.45, 2.75) is 57.2 Å². The van der Waals surface area contributed by atoms with Crippen molar-refractivity contribution in [3.63, 3.8) is 0 Å². The van der Waals surface area contributed by atoms with Crippen molar-refractivity contribution in [3.8, 4) is 0 Å². The number of nitrogens with two attached hydrogens (primary N) is 1. The third kappa shape index (κ3) is 3.41. The van der Waals surface area contributed by atoms with Crippen LogP contribution in [-0.4, -0.2) is 76.7 Å². The molecule has 0 aromatic carbocycles. The zero-order valence-electron chi connectivity index (χ0n) is 14.3. The van der Waals surface area contributed by atoms with Gasteiger partial charge in [0.15, 0.2) is 0 Å². The molecule has 1 radical (unpaired) electrons. The van der Waals surface area contributed by atoms with Gasteiger partial charge < -0.3 is 15.5 Å². The number of carbonyl (C=O) groups excluding carboxylic acids is 3. The van der Waals surface area contributed by atoms with Gasteiger partial charge in [-0.3, -0.25) is 19.3 Å². The summed E-state index contributed by atoms with van der Waals surface area (Å²) in [5, 5.41) is 0. The molecule has 0 saturated carbocycles. The molecule has 7 nitrogen and oxygen atoms in total. The second-order valence-electron chi connectivity index (χ2n) is 7.09. The number of hydrogen-bond acceptors (Lipinski definition) is 4. The van der Waals surface area contributed by atoms with Crippen molar-refractivity contribution in [2.75, 3.05) is 26.2 Å². The second-order valence-corrected chi connectivity index (χ2v) is 7.09. The van der Waals surface area contributed by atoms with E-state index in [0.717, 1.165) is 45.3 Å². The highest BCUT2D eigenvalue weighted by atomic mass is 16.2. The first kappa shape index (κ1) is 17.2. The summed E-state index contributed by atoms with van der Waals surface area (Å²) in [4.78, 5) is 41.3. The van der Waals surface area contributed by atoms with Gasteiger partial charge >= 0.3 is 0 Å². The minimum Gasteiger partial charge on any atom is -0.368 e. The van der Waals surface area contributed by atoms with E-state index in [0.29, 0.717) is 24.9 Å². The molecule has 0 bridgehead atoms. The van der Waals surface area contributed by atoms with Crippen LogP contribution in [0.4, 0.5) is 0 Å². The number of primary amides is 1. The van der Waals surface area contributed by atoms with Gasteiger partial charge in [-0.25, -0.2) is 0 Å².